The fraction of sp³-hybridized carbons (Fsp3) is 0.192. The molecule has 0 radical (unpaired) electrons. The molecule has 5 rings (SSSR count). The third kappa shape index (κ3) is 4.28. The number of aliphatic imine (C=N–C) groups is 1. The Balaban J connectivity index is 1.69. The van der Waals surface area contributed by atoms with E-state index in [1.807, 2.05) is 60.4 Å². The van der Waals surface area contributed by atoms with E-state index in [0.29, 0.717) is 45.6 Å². The Morgan fingerprint density at radius 2 is 2.00 bits per heavy atom. The molecule has 0 bridgehead atoms. The molecular formula is C26H23ClN6O2. The van der Waals surface area contributed by atoms with Gasteiger partial charge in [-0.15, -0.1) is 0 Å². The number of hydrogen-bond donors (Lipinski definition) is 1. The average Bonchev–Trinajstić information content (AvgIpc) is 3.36. The highest BCUT2D eigenvalue weighted by Crippen LogP contribution is 2.32. The van der Waals surface area contributed by atoms with Crippen LogP contribution < -0.4 is 15.2 Å². The van der Waals surface area contributed by atoms with Crippen LogP contribution in [0.2, 0.25) is 5.02 Å². The van der Waals surface area contributed by atoms with Crippen LogP contribution in [0.5, 0.6) is 0 Å². The molecular weight excluding hydrogens is 464 g/mol. The predicted molar refractivity (Wildman–Crippen MR) is 139 cm³/mol. The summed E-state index contributed by atoms with van der Waals surface area (Å²) in [7, 11) is 0. The number of amidine groups is 1. The Labute approximate surface area is 206 Å². The SMILES string of the molecule is Cc1c(Cl)cccc1N=C([C@@H]1CCCN1c1ncnc2[nH]ccc(=O)c12)N(C=O)c1ccccc1. The third-order valence-electron chi connectivity index (χ3n) is 6.21. The number of fused-ring (bicyclic) bond motifs is 1. The first kappa shape index (κ1) is 22.7. The standard InChI is InChI=1S/C26H23ClN6O2/c1-17-19(27)9-5-10-20(17)31-25(33(16-34)18-7-3-2-4-8-18)21-11-6-14-32(21)26-23-22(35)12-13-28-24(23)29-15-30-26/h2-5,7-10,12-13,15-16,21H,6,11,14H2,1H3,(H,28,29,30,35)/t21-/m0/s1. The van der Waals surface area contributed by atoms with Crippen LogP contribution in [0.25, 0.3) is 11.0 Å². The smallest absolute Gasteiger partial charge is 0.219 e. The molecule has 1 aliphatic heterocycles. The summed E-state index contributed by atoms with van der Waals surface area (Å²) >= 11 is 6.38. The van der Waals surface area contributed by atoms with Gasteiger partial charge in [0.25, 0.3) is 0 Å². The van der Waals surface area contributed by atoms with Gasteiger partial charge >= 0.3 is 0 Å². The largest absolute Gasteiger partial charge is 0.346 e. The zero-order valence-corrected chi connectivity index (χ0v) is 19.8. The maximum absolute atomic E-state index is 12.8. The number of halogens is 1. The molecule has 1 amide bonds. The maximum Gasteiger partial charge on any atom is 0.219 e. The molecule has 0 unspecified atom stereocenters. The van der Waals surface area contributed by atoms with Crippen LogP contribution in [-0.4, -0.2) is 39.8 Å². The van der Waals surface area contributed by atoms with E-state index in [2.05, 4.69) is 15.0 Å². The molecule has 3 heterocycles. The molecule has 0 saturated carbocycles. The van der Waals surface area contributed by atoms with Gasteiger partial charge < -0.3 is 9.88 Å². The Morgan fingerprint density at radius 1 is 1.17 bits per heavy atom. The van der Waals surface area contributed by atoms with Crippen molar-refractivity contribution in [1.29, 1.82) is 0 Å². The number of carbonyl (C=O) groups excluding carboxylic acids is 1. The van der Waals surface area contributed by atoms with Crippen LogP contribution in [-0.2, 0) is 4.79 Å². The van der Waals surface area contributed by atoms with Crippen molar-refractivity contribution in [2.45, 2.75) is 25.8 Å². The van der Waals surface area contributed by atoms with E-state index >= 15 is 0 Å². The van der Waals surface area contributed by atoms with Gasteiger partial charge in [-0.25, -0.2) is 15.0 Å². The molecule has 1 atom stereocenters. The number of nitrogens with one attached hydrogen (secondary N) is 1. The Kier molecular flexibility index (Phi) is 6.29. The van der Waals surface area contributed by atoms with Gasteiger partial charge in [-0.2, -0.15) is 0 Å². The molecule has 1 aliphatic rings. The normalized spacial score (nSPS) is 16.0. The molecule has 2 aromatic heterocycles. The summed E-state index contributed by atoms with van der Waals surface area (Å²) < 4.78 is 0. The average molecular weight is 487 g/mol. The van der Waals surface area contributed by atoms with Crippen molar-refractivity contribution in [3.63, 3.8) is 0 Å². The molecule has 0 spiro atoms. The van der Waals surface area contributed by atoms with Crippen molar-refractivity contribution >= 4 is 52.1 Å². The molecule has 8 nitrogen and oxygen atoms in total. The summed E-state index contributed by atoms with van der Waals surface area (Å²) in [6.45, 7) is 2.55. The molecule has 1 N–H and O–H groups in total. The number of H-pyrrole nitrogens is 1. The number of aromatic amines is 1. The highest BCUT2D eigenvalue weighted by Gasteiger charge is 2.35. The minimum Gasteiger partial charge on any atom is -0.346 e. The van der Waals surface area contributed by atoms with E-state index < -0.39 is 0 Å². The van der Waals surface area contributed by atoms with Crippen LogP contribution >= 0.6 is 11.6 Å². The molecule has 0 aliphatic carbocycles. The van der Waals surface area contributed by atoms with E-state index in [-0.39, 0.29) is 11.5 Å². The van der Waals surface area contributed by atoms with Crippen LogP contribution in [0.1, 0.15) is 18.4 Å². The number of anilines is 2. The molecule has 176 valence electrons. The molecule has 1 saturated heterocycles. The number of carbonyl (C=O) groups is 1. The second kappa shape index (κ2) is 9.68. The first-order valence-electron chi connectivity index (χ1n) is 11.3. The third-order valence-corrected chi connectivity index (χ3v) is 6.62. The first-order chi connectivity index (χ1) is 17.1. The van der Waals surface area contributed by atoms with Gasteiger partial charge in [0, 0.05) is 29.5 Å². The van der Waals surface area contributed by atoms with Crippen LogP contribution in [0, 0.1) is 6.92 Å². The Bertz CT molecular complexity index is 1460. The quantitative estimate of drug-likeness (QED) is 0.252. The number of pyridine rings is 1. The van der Waals surface area contributed by atoms with Crippen molar-refractivity contribution in [3.05, 3.63) is 87.9 Å². The fourth-order valence-corrected chi connectivity index (χ4v) is 4.63. The van der Waals surface area contributed by atoms with Gasteiger partial charge in [-0.1, -0.05) is 35.9 Å². The van der Waals surface area contributed by atoms with Crippen molar-refractivity contribution in [2.75, 3.05) is 16.3 Å². The zero-order valence-electron chi connectivity index (χ0n) is 19.1. The Morgan fingerprint density at radius 3 is 2.80 bits per heavy atom. The highest BCUT2D eigenvalue weighted by molar-refractivity contribution is 6.31. The summed E-state index contributed by atoms with van der Waals surface area (Å²) in [5, 5.41) is 1.01. The number of rotatable bonds is 5. The lowest BCUT2D eigenvalue weighted by Crippen LogP contribution is -2.46. The predicted octanol–water partition coefficient (Wildman–Crippen LogP) is 4.64. The van der Waals surface area contributed by atoms with Gasteiger partial charge in [0.2, 0.25) is 6.41 Å². The van der Waals surface area contributed by atoms with Crippen LogP contribution in [0.15, 0.2) is 76.9 Å². The number of amides is 1. The summed E-state index contributed by atoms with van der Waals surface area (Å²) in [6, 6.07) is 16.0. The van der Waals surface area contributed by atoms with Crippen molar-refractivity contribution in [1.82, 2.24) is 15.0 Å². The summed E-state index contributed by atoms with van der Waals surface area (Å²) in [5.41, 5.74) is 2.48. The number of hydrogen-bond acceptors (Lipinski definition) is 6. The molecule has 2 aromatic carbocycles. The lowest BCUT2D eigenvalue weighted by Gasteiger charge is -2.31. The van der Waals surface area contributed by atoms with Crippen molar-refractivity contribution in [2.24, 2.45) is 4.99 Å². The highest BCUT2D eigenvalue weighted by atomic mass is 35.5. The second-order valence-electron chi connectivity index (χ2n) is 8.28. The maximum atomic E-state index is 12.8. The van der Waals surface area contributed by atoms with Gasteiger partial charge in [0.05, 0.1) is 11.7 Å². The zero-order chi connectivity index (χ0) is 24.4. The molecule has 9 heteroatoms. The van der Waals surface area contributed by atoms with E-state index in [1.165, 1.54) is 12.4 Å². The van der Waals surface area contributed by atoms with Crippen LogP contribution in [0.3, 0.4) is 0 Å². The molecule has 35 heavy (non-hydrogen) atoms. The molecule has 1 fully saturated rings. The van der Waals surface area contributed by atoms with Crippen molar-refractivity contribution in [3.8, 4) is 0 Å². The second-order valence-corrected chi connectivity index (χ2v) is 8.69. The topological polar surface area (TPSA) is 94.6 Å². The minimum atomic E-state index is -0.309. The fourth-order valence-electron chi connectivity index (χ4n) is 4.46. The lowest BCUT2D eigenvalue weighted by molar-refractivity contribution is -0.106. The van der Waals surface area contributed by atoms with E-state index in [4.69, 9.17) is 16.6 Å². The number of para-hydroxylation sites is 1. The lowest BCUT2D eigenvalue weighted by atomic mass is 10.1. The van der Waals surface area contributed by atoms with E-state index in [9.17, 15) is 9.59 Å². The number of nitrogens with zero attached hydrogens (tertiary/aromatic N) is 5. The summed E-state index contributed by atoms with van der Waals surface area (Å²) in [6.07, 6.45) is 5.36. The minimum absolute atomic E-state index is 0.167. The van der Waals surface area contributed by atoms with E-state index in [1.54, 1.807) is 11.1 Å². The van der Waals surface area contributed by atoms with Gasteiger partial charge in [-0.3, -0.25) is 14.5 Å². The summed E-state index contributed by atoms with van der Waals surface area (Å²) in [4.78, 5) is 45.6. The van der Waals surface area contributed by atoms with Gasteiger partial charge in [0.1, 0.15) is 29.0 Å². The van der Waals surface area contributed by atoms with Crippen LogP contribution in [0.4, 0.5) is 17.2 Å². The Hall–Kier alpha value is -4.04. The molecule has 4 aromatic rings. The first-order valence-corrected chi connectivity index (χ1v) is 11.7. The monoisotopic (exact) mass is 486 g/mol. The van der Waals surface area contributed by atoms with Gasteiger partial charge in [-0.05, 0) is 49.6 Å². The van der Waals surface area contributed by atoms with E-state index in [0.717, 1.165) is 24.8 Å². The number of aromatic nitrogens is 3. The van der Waals surface area contributed by atoms with Gasteiger partial charge in [0.15, 0.2) is 5.43 Å². The number of benzene rings is 2. The summed E-state index contributed by atoms with van der Waals surface area (Å²) in [5.74, 6) is 1.06. The van der Waals surface area contributed by atoms with Crippen molar-refractivity contribution < 1.29 is 4.79 Å².